The molecule has 0 radical (unpaired) electrons. The Morgan fingerprint density at radius 1 is 1.00 bits per heavy atom. The molecule has 0 saturated carbocycles. The number of rotatable bonds is 3. The summed E-state index contributed by atoms with van der Waals surface area (Å²) in [7, 11) is 0. The van der Waals surface area contributed by atoms with E-state index in [9.17, 15) is 9.59 Å². The van der Waals surface area contributed by atoms with Crippen LogP contribution in [0.25, 0.3) is 11.1 Å². The first-order valence-corrected chi connectivity index (χ1v) is 6.87. The number of cyclic esters (lactones) is 1. The molecule has 1 aliphatic heterocycles. The summed E-state index contributed by atoms with van der Waals surface area (Å²) in [6.45, 7) is 0.372. The van der Waals surface area contributed by atoms with Crippen LogP contribution in [0.2, 0.25) is 0 Å². The van der Waals surface area contributed by atoms with Gasteiger partial charge in [-0.2, -0.15) is 0 Å². The van der Waals surface area contributed by atoms with Gasteiger partial charge in [-0.25, -0.2) is 4.79 Å². The van der Waals surface area contributed by atoms with E-state index in [-0.39, 0.29) is 11.9 Å². The van der Waals surface area contributed by atoms with Gasteiger partial charge in [0, 0.05) is 12.0 Å². The first-order chi connectivity index (χ1) is 10.2. The van der Waals surface area contributed by atoms with Gasteiger partial charge in [-0.15, -0.1) is 0 Å². The van der Waals surface area contributed by atoms with Crippen LogP contribution < -0.4 is 5.32 Å². The van der Waals surface area contributed by atoms with E-state index in [4.69, 9.17) is 4.74 Å². The van der Waals surface area contributed by atoms with Crippen LogP contribution in [0.15, 0.2) is 54.6 Å². The maximum absolute atomic E-state index is 12.1. The zero-order chi connectivity index (χ0) is 14.7. The maximum atomic E-state index is 12.1. The molecule has 1 unspecified atom stereocenters. The lowest BCUT2D eigenvalue weighted by Gasteiger charge is -2.09. The molecule has 4 nitrogen and oxygen atoms in total. The third-order valence-corrected chi connectivity index (χ3v) is 3.49. The average Bonchev–Trinajstić information content (AvgIpc) is 2.93. The average molecular weight is 281 g/mol. The lowest BCUT2D eigenvalue weighted by Crippen LogP contribution is -2.37. The van der Waals surface area contributed by atoms with Gasteiger partial charge in [0.2, 0.25) is 0 Å². The number of hydrogen-bond donors (Lipinski definition) is 1. The number of amides is 1. The van der Waals surface area contributed by atoms with Crippen LogP contribution in [0.3, 0.4) is 0 Å². The van der Waals surface area contributed by atoms with Crippen LogP contribution in [-0.2, 0) is 9.53 Å². The molecule has 1 amide bonds. The fraction of sp³-hybridized carbons (Fsp3) is 0.176. The van der Waals surface area contributed by atoms with Gasteiger partial charge in [0.1, 0.15) is 6.04 Å². The SMILES string of the molecule is O=C(NC1CCOC1=O)c1ccc(-c2ccccc2)cc1. The molecule has 106 valence electrons. The number of carbonyl (C=O) groups is 2. The summed E-state index contributed by atoms with van der Waals surface area (Å²) in [5, 5.41) is 2.69. The van der Waals surface area contributed by atoms with Crippen molar-refractivity contribution in [3.05, 3.63) is 60.2 Å². The Morgan fingerprint density at radius 2 is 1.67 bits per heavy atom. The molecular formula is C17H15NO3. The standard InChI is InChI=1S/C17H15NO3/c19-16(18-15-10-11-21-17(15)20)14-8-6-13(7-9-14)12-4-2-1-3-5-12/h1-9,15H,10-11H2,(H,18,19). The van der Waals surface area contributed by atoms with E-state index in [1.54, 1.807) is 12.1 Å². The quantitative estimate of drug-likeness (QED) is 0.879. The predicted molar refractivity (Wildman–Crippen MR) is 78.7 cm³/mol. The molecule has 1 N–H and O–H groups in total. The van der Waals surface area contributed by atoms with Crippen molar-refractivity contribution in [2.75, 3.05) is 6.61 Å². The zero-order valence-electron chi connectivity index (χ0n) is 11.4. The van der Waals surface area contributed by atoms with Crippen molar-refractivity contribution in [3.8, 4) is 11.1 Å². The summed E-state index contributed by atoms with van der Waals surface area (Å²) in [5.74, 6) is -0.609. The van der Waals surface area contributed by atoms with Gasteiger partial charge in [0.15, 0.2) is 0 Å². The molecule has 0 spiro atoms. The van der Waals surface area contributed by atoms with E-state index in [0.29, 0.717) is 18.6 Å². The highest BCUT2D eigenvalue weighted by atomic mass is 16.5. The number of hydrogen-bond acceptors (Lipinski definition) is 3. The molecule has 1 atom stereocenters. The van der Waals surface area contributed by atoms with Crippen molar-refractivity contribution in [3.63, 3.8) is 0 Å². The second-order valence-corrected chi connectivity index (χ2v) is 4.93. The molecule has 1 heterocycles. The van der Waals surface area contributed by atoms with Crippen molar-refractivity contribution < 1.29 is 14.3 Å². The van der Waals surface area contributed by atoms with Crippen molar-refractivity contribution >= 4 is 11.9 Å². The third-order valence-electron chi connectivity index (χ3n) is 3.49. The predicted octanol–water partition coefficient (Wildman–Crippen LogP) is 2.40. The van der Waals surface area contributed by atoms with E-state index in [1.807, 2.05) is 42.5 Å². The number of ether oxygens (including phenoxy) is 1. The van der Waals surface area contributed by atoms with Crippen LogP contribution >= 0.6 is 0 Å². The second-order valence-electron chi connectivity index (χ2n) is 4.93. The lowest BCUT2D eigenvalue weighted by atomic mass is 10.0. The Morgan fingerprint density at radius 3 is 2.29 bits per heavy atom. The van der Waals surface area contributed by atoms with E-state index in [0.717, 1.165) is 11.1 Å². The third kappa shape index (κ3) is 2.94. The Bertz CT molecular complexity index is 649. The molecule has 0 aliphatic carbocycles. The summed E-state index contributed by atoms with van der Waals surface area (Å²) in [5.41, 5.74) is 2.69. The molecule has 1 aliphatic rings. The van der Waals surface area contributed by atoms with E-state index >= 15 is 0 Å². The molecule has 0 bridgehead atoms. The van der Waals surface area contributed by atoms with Gasteiger partial charge in [0.05, 0.1) is 6.61 Å². The van der Waals surface area contributed by atoms with Crippen LogP contribution in [0, 0.1) is 0 Å². The van der Waals surface area contributed by atoms with Crippen molar-refractivity contribution in [1.82, 2.24) is 5.32 Å². The zero-order valence-corrected chi connectivity index (χ0v) is 11.4. The largest absolute Gasteiger partial charge is 0.464 e. The Labute approximate surface area is 122 Å². The smallest absolute Gasteiger partial charge is 0.328 e. The molecule has 3 rings (SSSR count). The fourth-order valence-corrected chi connectivity index (χ4v) is 2.31. The minimum atomic E-state index is -0.522. The summed E-state index contributed by atoms with van der Waals surface area (Å²) in [4.78, 5) is 23.4. The van der Waals surface area contributed by atoms with E-state index in [1.165, 1.54) is 0 Å². The van der Waals surface area contributed by atoms with Gasteiger partial charge >= 0.3 is 5.97 Å². The molecule has 1 fully saturated rings. The topological polar surface area (TPSA) is 55.4 Å². The minimum absolute atomic E-state index is 0.251. The lowest BCUT2D eigenvalue weighted by molar-refractivity contribution is -0.139. The molecule has 1 saturated heterocycles. The number of carbonyl (C=O) groups excluding carboxylic acids is 2. The number of esters is 1. The van der Waals surface area contributed by atoms with Gasteiger partial charge < -0.3 is 10.1 Å². The first kappa shape index (κ1) is 13.4. The first-order valence-electron chi connectivity index (χ1n) is 6.87. The molecular weight excluding hydrogens is 266 g/mol. The summed E-state index contributed by atoms with van der Waals surface area (Å²) < 4.78 is 4.83. The van der Waals surface area contributed by atoms with Crippen LogP contribution in [0.1, 0.15) is 16.8 Å². The highest BCUT2D eigenvalue weighted by Gasteiger charge is 2.28. The van der Waals surface area contributed by atoms with Crippen LogP contribution in [-0.4, -0.2) is 24.5 Å². The monoisotopic (exact) mass is 281 g/mol. The number of benzene rings is 2. The van der Waals surface area contributed by atoms with Crippen LogP contribution in [0.4, 0.5) is 0 Å². The molecule has 0 aromatic heterocycles. The number of nitrogens with one attached hydrogen (secondary N) is 1. The molecule has 4 heteroatoms. The van der Waals surface area contributed by atoms with Crippen molar-refractivity contribution in [2.24, 2.45) is 0 Å². The second kappa shape index (κ2) is 5.79. The maximum Gasteiger partial charge on any atom is 0.328 e. The summed E-state index contributed by atoms with van der Waals surface area (Å²) >= 11 is 0. The Kier molecular flexibility index (Phi) is 3.69. The summed E-state index contributed by atoms with van der Waals surface area (Å²) in [6, 6.07) is 16.7. The Hall–Kier alpha value is -2.62. The molecule has 2 aromatic rings. The normalized spacial score (nSPS) is 17.3. The van der Waals surface area contributed by atoms with E-state index in [2.05, 4.69) is 5.32 Å². The molecule has 2 aromatic carbocycles. The van der Waals surface area contributed by atoms with Gasteiger partial charge in [-0.05, 0) is 23.3 Å². The van der Waals surface area contributed by atoms with Crippen molar-refractivity contribution in [1.29, 1.82) is 0 Å². The highest BCUT2D eigenvalue weighted by Crippen LogP contribution is 2.19. The van der Waals surface area contributed by atoms with Gasteiger partial charge in [-0.3, -0.25) is 4.79 Å². The highest BCUT2D eigenvalue weighted by molar-refractivity contribution is 5.97. The van der Waals surface area contributed by atoms with Gasteiger partial charge in [-0.1, -0.05) is 42.5 Å². The molecule has 21 heavy (non-hydrogen) atoms. The minimum Gasteiger partial charge on any atom is -0.464 e. The van der Waals surface area contributed by atoms with E-state index < -0.39 is 6.04 Å². The fourth-order valence-electron chi connectivity index (χ4n) is 2.31. The van der Waals surface area contributed by atoms with Crippen molar-refractivity contribution in [2.45, 2.75) is 12.5 Å². The summed E-state index contributed by atoms with van der Waals surface area (Å²) in [6.07, 6.45) is 0.534. The van der Waals surface area contributed by atoms with Gasteiger partial charge in [0.25, 0.3) is 5.91 Å². The van der Waals surface area contributed by atoms with Crippen LogP contribution in [0.5, 0.6) is 0 Å². The Balaban J connectivity index is 1.72.